The van der Waals surface area contributed by atoms with Gasteiger partial charge in [-0.25, -0.2) is 0 Å². The largest absolute Gasteiger partial charge is 0.392 e. The predicted molar refractivity (Wildman–Crippen MR) is 99.9 cm³/mol. The average molecular weight is 371 g/mol. The summed E-state index contributed by atoms with van der Waals surface area (Å²) in [5.41, 5.74) is -0.566. The molecule has 0 aromatic carbocycles. The number of ether oxygens (including phenoxy) is 1. The summed E-state index contributed by atoms with van der Waals surface area (Å²) >= 11 is 1.66. The van der Waals surface area contributed by atoms with Gasteiger partial charge in [0.25, 0.3) is 0 Å². The maximum Gasteiger partial charge on any atom is 0.241 e. The summed E-state index contributed by atoms with van der Waals surface area (Å²) in [6, 6.07) is 1.68. The normalized spacial score (nSPS) is 18.2. The lowest BCUT2D eigenvalue weighted by atomic mass is 9.85. The molecule has 2 N–H and O–H groups in total. The number of nitrogens with one attached hydrogen (secondary N) is 1. The van der Waals surface area contributed by atoms with Crippen LogP contribution in [0.25, 0.3) is 0 Å². The maximum atomic E-state index is 12.6. The van der Waals surface area contributed by atoms with E-state index >= 15 is 0 Å². The van der Waals surface area contributed by atoms with Crippen LogP contribution in [0, 0.1) is 5.92 Å². The topological polar surface area (TPSA) is 84.6 Å². The number of aromatic nitrogens is 1. The molecule has 1 aliphatic rings. The number of carbonyl (C=O) groups excluding carboxylic acids is 1. The molecule has 25 heavy (non-hydrogen) atoms. The van der Waals surface area contributed by atoms with Crippen LogP contribution < -0.4 is 5.32 Å². The lowest BCUT2D eigenvalue weighted by molar-refractivity contribution is -0.117. The Bertz CT molecular complexity index is 577. The molecule has 1 aliphatic heterocycles. The van der Waals surface area contributed by atoms with Crippen LogP contribution in [0.15, 0.2) is 10.6 Å². The Labute approximate surface area is 154 Å². The second kappa shape index (κ2) is 8.10. The summed E-state index contributed by atoms with van der Waals surface area (Å²) in [6.07, 6.45) is 1.54. The highest BCUT2D eigenvalue weighted by molar-refractivity contribution is 8.01. The molecule has 1 saturated heterocycles. The van der Waals surface area contributed by atoms with E-state index in [2.05, 4.69) is 10.5 Å². The Balaban J connectivity index is 1.92. The predicted octanol–water partition coefficient (Wildman–Crippen LogP) is 3.21. The van der Waals surface area contributed by atoms with Crippen molar-refractivity contribution in [3.05, 3.63) is 11.8 Å². The van der Waals surface area contributed by atoms with E-state index in [1.54, 1.807) is 24.8 Å². The highest BCUT2D eigenvalue weighted by Crippen LogP contribution is 2.32. The number of hydrogen-bond acceptors (Lipinski definition) is 6. The van der Waals surface area contributed by atoms with Gasteiger partial charge in [-0.15, -0.1) is 11.8 Å². The van der Waals surface area contributed by atoms with Gasteiger partial charge in [0, 0.05) is 19.3 Å². The summed E-state index contributed by atoms with van der Waals surface area (Å²) in [6.45, 7) is 10.9. The highest BCUT2D eigenvalue weighted by atomic mass is 32.2. The lowest BCUT2D eigenvalue weighted by Gasteiger charge is -2.27. The van der Waals surface area contributed by atoms with Crippen molar-refractivity contribution in [3.63, 3.8) is 0 Å². The van der Waals surface area contributed by atoms with Crippen LogP contribution in [0.2, 0.25) is 0 Å². The van der Waals surface area contributed by atoms with E-state index in [0.717, 1.165) is 31.8 Å². The smallest absolute Gasteiger partial charge is 0.241 e. The van der Waals surface area contributed by atoms with Crippen molar-refractivity contribution in [3.8, 4) is 0 Å². The number of anilines is 1. The number of rotatable bonds is 7. The summed E-state index contributed by atoms with van der Waals surface area (Å²) in [5, 5.41) is 16.6. The van der Waals surface area contributed by atoms with E-state index in [1.807, 2.05) is 27.7 Å². The van der Waals surface area contributed by atoms with E-state index in [1.165, 1.54) is 0 Å². The van der Waals surface area contributed by atoms with Crippen molar-refractivity contribution < 1.29 is 19.2 Å². The highest BCUT2D eigenvalue weighted by Gasteiger charge is 2.33. The van der Waals surface area contributed by atoms with E-state index in [4.69, 9.17) is 9.26 Å². The molecule has 7 heteroatoms. The first-order chi connectivity index (χ1) is 11.6. The number of thioether (sulfide) groups is 1. The van der Waals surface area contributed by atoms with Crippen LogP contribution in [0.4, 0.5) is 5.82 Å². The molecule has 0 radical (unpaired) electrons. The van der Waals surface area contributed by atoms with Crippen molar-refractivity contribution in [2.24, 2.45) is 5.92 Å². The van der Waals surface area contributed by atoms with Crippen LogP contribution in [0.3, 0.4) is 0 Å². The first-order valence-electron chi connectivity index (χ1n) is 8.81. The van der Waals surface area contributed by atoms with Crippen molar-refractivity contribution >= 4 is 23.5 Å². The van der Waals surface area contributed by atoms with Crippen molar-refractivity contribution in [2.75, 3.05) is 24.3 Å². The Morgan fingerprint density at radius 2 is 2.04 bits per heavy atom. The fraction of sp³-hybridized carbons (Fsp3) is 0.778. The van der Waals surface area contributed by atoms with E-state index in [-0.39, 0.29) is 5.91 Å². The molecule has 2 heterocycles. The average Bonchev–Trinajstić information content (AvgIpc) is 3.03. The van der Waals surface area contributed by atoms with Crippen molar-refractivity contribution in [1.29, 1.82) is 0 Å². The molecule has 2 rings (SSSR count). The third-order valence-corrected chi connectivity index (χ3v) is 6.54. The Morgan fingerprint density at radius 3 is 2.64 bits per heavy atom. The van der Waals surface area contributed by atoms with Gasteiger partial charge in [0.1, 0.15) is 5.76 Å². The molecule has 1 aromatic heterocycles. The molecular formula is C18H30N2O4S. The third-order valence-electron chi connectivity index (χ3n) is 5.00. The van der Waals surface area contributed by atoms with E-state index in [9.17, 15) is 9.90 Å². The molecule has 0 unspecified atom stereocenters. The van der Waals surface area contributed by atoms with E-state index in [0.29, 0.717) is 17.5 Å². The van der Waals surface area contributed by atoms with Gasteiger partial charge in [0.05, 0.1) is 16.3 Å². The number of aliphatic hydroxyl groups excluding tert-OH is 1. The lowest BCUT2D eigenvalue weighted by Crippen LogP contribution is -2.35. The van der Waals surface area contributed by atoms with Gasteiger partial charge >= 0.3 is 0 Å². The first kappa shape index (κ1) is 20.3. The van der Waals surface area contributed by atoms with Gasteiger partial charge in [-0.3, -0.25) is 4.79 Å². The maximum absolute atomic E-state index is 12.6. The van der Waals surface area contributed by atoms with Crippen LogP contribution in [0.1, 0.15) is 53.2 Å². The summed E-state index contributed by atoms with van der Waals surface area (Å²) in [5.74, 6) is 2.39. The quantitative estimate of drug-likeness (QED) is 0.767. The Hall–Kier alpha value is -1.05. The molecule has 1 amide bonds. The second-order valence-corrected chi connectivity index (χ2v) is 9.45. The van der Waals surface area contributed by atoms with Gasteiger partial charge in [-0.05, 0) is 45.3 Å². The fourth-order valence-electron chi connectivity index (χ4n) is 2.42. The summed E-state index contributed by atoms with van der Waals surface area (Å²) in [4.78, 5) is 12.6. The Morgan fingerprint density at radius 1 is 1.40 bits per heavy atom. The zero-order chi connectivity index (χ0) is 18.7. The summed E-state index contributed by atoms with van der Waals surface area (Å²) < 4.78 is 10.1. The first-order valence-corrected chi connectivity index (χ1v) is 9.80. The zero-order valence-corrected chi connectivity index (χ0v) is 16.6. The molecule has 1 atom stereocenters. The van der Waals surface area contributed by atoms with Gasteiger partial charge < -0.3 is 19.7 Å². The minimum Gasteiger partial charge on any atom is -0.392 e. The minimum absolute atomic E-state index is 0.0979. The third kappa shape index (κ3) is 5.21. The zero-order valence-electron chi connectivity index (χ0n) is 15.8. The SMILES string of the molecule is C[C@H](O)C(C)(C)c1cc(NC(=O)C(C)(C)SCC2CCOCC2)no1. The molecule has 1 aromatic rings. The van der Waals surface area contributed by atoms with Crippen LogP contribution in [0.5, 0.6) is 0 Å². The van der Waals surface area contributed by atoms with Gasteiger partial charge in [0.15, 0.2) is 5.82 Å². The fourth-order valence-corrected chi connectivity index (χ4v) is 3.58. The molecular weight excluding hydrogens is 340 g/mol. The molecule has 0 saturated carbocycles. The molecule has 1 fully saturated rings. The second-order valence-electron chi connectivity index (χ2n) is 7.81. The number of carbonyl (C=O) groups is 1. The molecule has 0 aliphatic carbocycles. The van der Waals surface area contributed by atoms with Gasteiger partial charge in [-0.2, -0.15) is 0 Å². The molecule has 142 valence electrons. The minimum atomic E-state index is -0.588. The number of amides is 1. The molecule has 6 nitrogen and oxygen atoms in total. The standard InChI is InChI=1S/C18H30N2O4S/c1-12(21)17(2,3)14-10-15(20-24-14)19-16(22)18(4,5)25-11-13-6-8-23-9-7-13/h10,12-13,21H,6-9,11H2,1-5H3,(H,19,20,22)/t12-/m0/s1. The summed E-state index contributed by atoms with van der Waals surface area (Å²) in [7, 11) is 0. The number of nitrogens with zero attached hydrogens (tertiary/aromatic N) is 1. The number of aliphatic hydroxyl groups is 1. The molecule has 0 bridgehead atoms. The van der Waals surface area contributed by atoms with Crippen molar-refractivity contribution in [2.45, 2.75) is 63.7 Å². The molecule has 0 spiro atoms. The van der Waals surface area contributed by atoms with E-state index < -0.39 is 16.3 Å². The Kier molecular flexibility index (Phi) is 6.56. The van der Waals surface area contributed by atoms with Crippen molar-refractivity contribution in [1.82, 2.24) is 5.16 Å². The van der Waals surface area contributed by atoms with Gasteiger partial charge in [0.2, 0.25) is 5.91 Å². The van der Waals surface area contributed by atoms with Crippen LogP contribution in [-0.2, 0) is 14.9 Å². The van der Waals surface area contributed by atoms with Gasteiger partial charge in [-0.1, -0.05) is 19.0 Å². The van der Waals surface area contributed by atoms with Crippen LogP contribution in [-0.4, -0.2) is 46.0 Å². The number of hydrogen-bond donors (Lipinski definition) is 2. The monoisotopic (exact) mass is 370 g/mol. The van der Waals surface area contributed by atoms with Crippen LogP contribution >= 0.6 is 11.8 Å².